The van der Waals surface area contributed by atoms with Gasteiger partial charge in [0.05, 0.1) is 16.6 Å². The molecule has 8 heteroatoms. The summed E-state index contributed by atoms with van der Waals surface area (Å²) < 4.78 is 18.9. The molecular weight excluding hydrogens is 293 g/mol. The number of esters is 1. The smallest absolute Gasteiger partial charge is 0.341 e. The van der Waals surface area contributed by atoms with Crippen LogP contribution >= 0.6 is 0 Å². The molecule has 1 N–H and O–H groups in total. The van der Waals surface area contributed by atoms with Gasteiger partial charge in [-0.15, -0.1) is 0 Å². The monoisotopic (exact) mass is 303 g/mol. The number of hydrogen-bond acceptors (Lipinski definition) is 6. The van der Waals surface area contributed by atoms with Gasteiger partial charge in [-0.1, -0.05) is 0 Å². The van der Waals surface area contributed by atoms with Crippen molar-refractivity contribution in [3.63, 3.8) is 0 Å². The summed E-state index contributed by atoms with van der Waals surface area (Å²) in [5.41, 5.74) is 0.300. The molecule has 0 bridgehead atoms. The van der Waals surface area contributed by atoms with Crippen molar-refractivity contribution in [3.05, 3.63) is 35.9 Å². The van der Waals surface area contributed by atoms with E-state index in [4.69, 9.17) is 4.74 Å². The Hall–Kier alpha value is -2.90. The molecule has 1 atom stereocenters. The summed E-state index contributed by atoms with van der Waals surface area (Å²) in [6, 6.07) is 2.29. The number of carbonyl (C=O) groups is 3. The van der Waals surface area contributed by atoms with E-state index < -0.39 is 29.7 Å². The van der Waals surface area contributed by atoms with Crippen LogP contribution in [0.25, 0.3) is 11.0 Å². The number of carbonyl (C=O) groups excluding carboxylic acids is 3. The summed E-state index contributed by atoms with van der Waals surface area (Å²) in [6.07, 6.45) is 1.85. The number of imide groups is 1. The van der Waals surface area contributed by atoms with Crippen molar-refractivity contribution in [1.82, 2.24) is 15.3 Å². The topological polar surface area (TPSA) is 98.2 Å². The van der Waals surface area contributed by atoms with E-state index in [1.165, 1.54) is 18.5 Å². The van der Waals surface area contributed by atoms with Crippen LogP contribution in [0.4, 0.5) is 4.39 Å². The predicted octanol–water partition coefficient (Wildman–Crippen LogP) is 0.731. The highest BCUT2D eigenvalue weighted by molar-refractivity contribution is 6.02. The quantitative estimate of drug-likeness (QED) is 0.649. The summed E-state index contributed by atoms with van der Waals surface area (Å²) in [5.74, 6) is -2.93. The largest absolute Gasteiger partial charge is 0.449 e. The van der Waals surface area contributed by atoms with Crippen molar-refractivity contribution in [2.75, 3.05) is 0 Å². The molecular formula is C14H10FN3O4. The van der Waals surface area contributed by atoms with E-state index in [2.05, 4.69) is 15.3 Å². The van der Waals surface area contributed by atoms with Gasteiger partial charge in [0.15, 0.2) is 6.10 Å². The van der Waals surface area contributed by atoms with Gasteiger partial charge in [-0.3, -0.25) is 24.9 Å². The number of amides is 2. The van der Waals surface area contributed by atoms with Crippen LogP contribution < -0.4 is 5.32 Å². The first kappa shape index (κ1) is 14.1. The molecule has 1 aromatic carbocycles. The third-order valence-corrected chi connectivity index (χ3v) is 3.22. The van der Waals surface area contributed by atoms with Gasteiger partial charge >= 0.3 is 5.97 Å². The van der Waals surface area contributed by atoms with Gasteiger partial charge in [-0.2, -0.15) is 0 Å². The lowest BCUT2D eigenvalue weighted by molar-refractivity contribution is -0.140. The molecule has 0 saturated carbocycles. The van der Waals surface area contributed by atoms with E-state index >= 15 is 0 Å². The molecule has 7 nitrogen and oxygen atoms in total. The molecule has 22 heavy (non-hydrogen) atoms. The van der Waals surface area contributed by atoms with E-state index in [9.17, 15) is 18.8 Å². The fourth-order valence-corrected chi connectivity index (χ4v) is 2.12. The second-order valence-electron chi connectivity index (χ2n) is 4.72. The van der Waals surface area contributed by atoms with Gasteiger partial charge in [-0.25, -0.2) is 9.18 Å². The van der Waals surface area contributed by atoms with Crippen molar-refractivity contribution in [2.45, 2.75) is 18.9 Å². The Morgan fingerprint density at radius 3 is 2.59 bits per heavy atom. The Labute approximate surface area is 123 Å². The maximum atomic E-state index is 14.0. The molecule has 1 fully saturated rings. The molecule has 1 aliphatic heterocycles. The summed E-state index contributed by atoms with van der Waals surface area (Å²) in [5, 5.41) is 2.06. The van der Waals surface area contributed by atoms with Crippen molar-refractivity contribution >= 4 is 28.8 Å². The Balaban J connectivity index is 1.84. The van der Waals surface area contributed by atoms with Crippen LogP contribution in [0.2, 0.25) is 0 Å². The molecule has 3 rings (SSSR count). The minimum Gasteiger partial charge on any atom is -0.449 e. The fourth-order valence-electron chi connectivity index (χ4n) is 2.12. The molecule has 0 radical (unpaired) electrons. The van der Waals surface area contributed by atoms with Crippen LogP contribution in [0.1, 0.15) is 23.2 Å². The van der Waals surface area contributed by atoms with Crippen LogP contribution in [-0.4, -0.2) is 33.9 Å². The van der Waals surface area contributed by atoms with E-state index in [-0.39, 0.29) is 18.4 Å². The molecule has 2 aromatic rings. The number of nitrogens with one attached hydrogen (secondary N) is 1. The third kappa shape index (κ3) is 2.62. The van der Waals surface area contributed by atoms with Gasteiger partial charge in [-0.05, 0) is 6.07 Å². The summed E-state index contributed by atoms with van der Waals surface area (Å²) in [7, 11) is 0. The lowest BCUT2D eigenvalue weighted by Crippen LogP contribution is -2.45. The lowest BCUT2D eigenvalue weighted by atomic mass is 10.1. The highest BCUT2D eigenvalue weighted by Gasteiger charge is 2.30. The predicted molar refractivity (Wildman–Crippen MR) is 71.1 cm³/mol. The Kier molecular flexibility index (Phi) is 3.50. The summed E-state index contributed by atoms with van der Waals surface area (Å²) in [6.45, 7) is 0. The average molecular weight is 303 g/mol. The van der Waals surface area contributed by atoms with Crippen LogP contribution in [0.15, 0.2) is 24.5 Å². The van der Waals surface area contributed by atoms with Gasteiger partial charge in [0, 0.05) is 31.3 Å². The first-order valence-electron chi connectivity index (χ1n) is 6.49. The standard InChI is InChI=1S/C14H10FN3O4/c15-8-6-10-9(16-3-4-17-10)5-7(8)14(21)22-11-1-2-12(19)18-13(11)20/h3-6,11H,1-2H2,(H,18,19,20). The minimum absolute atomic E-state index is 0.0648. The molecule has 2 amide bonds. The first-order valence-corrected chi connectivity index (χ1v) is 6.49. The van der Waals surface area contributed by atoms with E-state index in [1.54, 1.807) is 0 Å². The highest BCUT2D eigenvalue weighted by atomic mass is 19.1. The van der Waals surface area contributed by atoms with Crippen molar-refractivity contribution < 1.29 is 23.5 Å². The minimum atomic E-state index is -1.11. The number of aromatic nitrogens is 2. The molecule has 1 unspecified atom stereocenters. The zero-order valence-corrected chi connectivity index (χ0v) is 11.2. The van der Waals surface area contributed by atoms with Gasteiger partial charge in [0.25, 0.3) is 5.91 Å². The van der Waals surface area contributed by atoms with Crippen molar-refractivity contribution in [1.29, 1.82) is 0 Å². The summed E-state index contributed by atoms with van der Waals surface area (Å²) in [4.78, 5) is 42.5. The number of piperidine rings is 1. The Morgan fingerprint density at radius 2 is 1.91 bits per heavy atom. The van der Waals surface area contributed by atoms with Crippen molar-refractivity contribution in [2.24, 2.45) is 0 Å². The van der Waals surface area contributed by atoms with E-state index in [1.807, 2.05) is 0 Å². The number of fused-ring (bicyclic) bond motifs is 1. The average Bonchev–Trinajstić information content (AvgIpc) is 2.49. The molecule has 0 spiro atoms. The number of benzene rings is 1. The number of nitrogens with zero attached hydrogens (tertiary/aromatic N) is 2. The lowest BCUT2D eigenvalue weighted by Gasteiger charge is -2.20. The molecule has 112 valence electrons. The maximum absolute atomic E-state index is 14.0. The molecule has 1 saturated heterocycles. The highest BCUT2D eigenvalue weighted by Crippen LogP contribution is 2.18. The molecule has 1 aliphatic rings. The van der Waals surface area contributed by atoms with Gasteiger partial charge < -0.3 is 4.74 Å². The number of rotatable bonds is 2. The zero-order chi connectivity index (χ0) is 15.7. The van der Waals surface area contributed by atoms with Crippen LogP contribution in [-0.2, 0) is 14.3 Å². The first-order chi connectivity index (χ1) is 10.5. The summed E-state index contributed by atoms with van der Waals surface area (Å²) >= 11 is 0. The van der Waals surface area contributed by atoms with E-state index in [0.717, 1.165) is 6.07 Å². The molecule has 2 heterocycles. The van der Waals surface area contributed by atoms with Crippen molar-refractivity contribution in [3.8, 4) is 0 Å². The Bertz CT molecular complexity index is 793. The second-order valence-corrected chi connectivity index (χ2v) is 4.72. The van der Waals surface area contributed by atoms with Crippen LogP contribution in [0.5, 0.6) is 0 Å². The molecule has 0 aliphatic carbocycles. The van der Waals surface area contributed by atoms with Gasteiger partial charge in [0.1, 0.15) is 5.82 Å². The van der Waals surface area contributed by atoms with Crippen LogP contribution in [0, 0.1) is 5.82 Å². The Morgan fingerprint density at radius 1 is 1.23 bits per heavy atom. The normalized spacial score (nSPS) is 18.1. The fraction of sp³-hybridized carbons (Fsp3) is 0.214. The van der Waals surface area contributed by atoms with Gasteiger partial charge in [0.2, 0.25) is 5.91 Å². The maximum Gasteiger partial charge on any atom is 0.341 e. The number of halogens is 1. The zero-order valence-electron chi connectivity index (χ0n) is 11.2. The third-order valence-electron chi connectivity index (χ3n) is 3.22. The molecule has 1 aromatic heterocycles. The second kappa shape index (κ2) is 5.47. The SMILES string of the molecule is O=C1CCC(OC(=O)c2cc3nccnc3cc2F)C(=O)N1. The number of hydrogen-bond donors (Lipinski definition) is 1. The number of ether oxygens (including phenoxy) is 1. The van der Waals surface area contributed by atoms with Crippen LogP contribution in [0.3, 0.4) is 0 Å². The van der Waals surface area contributed by atoms with E-state index in [0.29, 0.717) is 11.0 Å².